The molecule has 0 aromatic heterocycles. The summed E-state index contributed by atoms with van der Waals surface area (Å²) in [7, 11) is 1.82. The first-order valence-electron chi connectivity index (χ1n) is 8.08. The van der Waals surface area contributed by atoms with Gasteiger partial charge in [0.1, 0.15) is 0 Å². The van der Waals surface area contributed by atoms with Crippen LogP contribution in [0.3, 0.4) is 0 Å². The van der Waals surface area contributed by atoms with E-state index in [4.69, 9.17) is 9.57 Å². The predicted octanol–water partition coefficient (Wildman–Crippen LogP) is 1.49. The highest BCUT2D eigenvalue weighted by atomic mass is 16.6. The summed E-state index contributed by atoms with van der Waals surface area (Å²) in [5.74, 6) is -0.0210. The molecule has 1 saturated carbocycles. The average Bonchev–Trinajstić information content (AvgIpc) is 3.44. The molecule has 3 rings (SSSR count). The first kappa shape index (κ1) is 15.8. The van der Waals surface area contributed by atoms with Crippen LogP contribution in [0.4, 0.5) is 5.69 Å². The molecule has 1 aromatic rings. The normalized spacial score (nSPS) is 18.2. The summed E-state index contributed by atoms with van der Waals surface area (Å²) in [5.41, 5.74) is 2.14. The number of hydrogen-bond acceptors (Lipinski definition) is 5. The Balaban J connectivity index is 1.44. The summed E-state index contributed by atoms with van der Waals surface area (Å²) in [6.45, 7) is 3.40. The Morgan fingerprint density at radius 3 is 2.70 bits per heavy atom. The Labute approximate surface area is 136 Å². The molecule has 124 valence electrons. The van der Waals surface area contributed by atoms with Crippen molar-refractivity contribution in [3.63, 3.8) is 0 Å². The van der Waals surface area contributed by atoms with E-state index in [2.05, 4.69) is 22.2 Å². The Morgan fingerprint density at radius 1 is 1.35 bits per heavy atom. The number of ether oxygens (including phenoxy) is 1. The molecule has 2 aliphatic rings. The molecule has 0 unspecified atom stereocenters. The first-order chi connectivity index (χ1) is 11.2. The zero-order chi connectivity index (χ0) is 16.1. The van der Waals surface area contributed by atoms with E-state index in [1.165, 1.54) is 5.69 Å². The highest BCUT2D eigenvalue weighted by Gasteiger charge is 2.29. The third-order valence-corrected chi connectivity index (χ3v) is 4.22. The van der Waals surface area contributed by atoms with Crippen LogP contribution in [0, 0.1) is 0 Å². The molecule has 1 heterocycles. The standard InChI is InChI=1S/C17H23N3O3/c1-19(15-6-7-15)17(21)13-23-18-12-14-2-4-16(5-3-14)20-8-10-22-11-9-20/h2-5,12,15H,6-11,13H2,1H3. The van der Waals surface area contributed by atoms with Gasteiger partial charge < -0.3 is 19.4 Å². The van der Waals surface area contributed by atoms with Crippen LogP contribution >= 0.6 is 0 Å². The Bertz CT molecular complexity index is 549. The highest BCUT2D eigenvalue weighted by molar-refractivity contribution is 5.80. The number of hydrogen-bond donors (Lipinski definition) is 0. The number of carbonyl (C=O) groups is 1. The summed E-state index contributed by atoms with van der Waals surface area (Å²) < 4.78 is 5.35. The van der Waals surface area contributed by atoms with Gasteiger partial charge >= 0.3 is 0 Å². The molecule has 0 bridgehead atoms. The molecule has 6 heteroatoms. The minimum Gasteiger partial charge on any atom is -0.386 e. The van der Waals surface area contributed by atoms with Gasteiger partial charge in [-0.05, 0) is 30.5 Å². The van der Waals surface area contributed by atoms with Crippen LogP contribution in [0.1, 0.15) is 18.4 Å². The second kappa shape index (κ2) is 7.46. The van der Waals surface area contributed by atoms with Crippen molar-refractivity contribution in [2.24, 2.45) is 5.16 Å². The smallest absolute Gasteiger partial charge is 0.263 e. The van der Waals surface area contributed by atoms with Crippen LogP contribution in [-0.4, -0.2) is 63.0 Å². The third kappa shape index (κ3) is 4.45. The fraction of sp³-hybridized carbons (Fsp3) is 0.529. The summed E-state index contributed by atoms with van der Waals surface area (Å²) in [6, 6.07) is 8.53. The molecule has 0 atom stereocenters. The maximum atomic E-state index is 11.8. The lowest BCUT2D eigenvalue weighted by Crippen LogP contribution is -2.36. The van der Waals surface area contributed by atoms with E-state index in [0.29, 0.717) is 6.04 Å². The van der Waals surface area contributed by atoms with E-state index in [-0.39, 0.29) is 12.5 Å². The van der Waals surface area contributed by atoms with Gasteiger partial charge in [0, 0.05) is 31.9 Å². The van der Waals surface area contributed by atoms with Gasteiger partial charge in [-0.25, -0.2) is 0 Å². The summed E-state index contributed by atoms with van der Waals surface area (Å²) in [4.78, 5) is 20.9. The number of nitrogens with zero attached hydrogens (tertiary/aromatic N) is 3. The molecule has 1 saturated heterocycles. The molecule has 1 aliphatic carbocycles. The Kier molecular flexibility index (Phi) is 5.12. The minimum atomic E-state index is -0.0210. The van der Waals surface area contributed by atoms with E-state index in [1.54, 1.807) is 11.1 Å². The largest absolute Gasteiger partial charge is 0.386 e. The van der Waals surface area contributed by atoms with Crippen LogP contribution in [-0.2, 0) is 14.4 Å². The highest BCUT2D eigenvalue weighted by Crippen LogP contribution is 2.25. The van der Waals surface area contributed by atoms with Gasteiger partial charge in [-0.15, -0.1) is 0 Å². The Hall–Kier alpha value is -2.08. The van der Waals surface area contributed by atoms with Gasteiger partial charge in [0.25, 0.3) is 5.91 Å². The van der Waals surface area contributed by atoms with Crippen LogP contribution in [0.25, 0.3) is 0 Å². The van der Waals surface area contributed by atoms with E-state index in [0.717, 1.165) is 44.7 Å². The van der Waals surface area contributed by atoms with Crippen molar-refractivity contribution in [3.05, 3.63) is 29.8 Å². The lowest BCUT2D eigenvalue weighted by molar-refractivity contribution is -0.135. The van der Waals surface area contributed by atoms with Gasteiger partial charge in [0.15, 0.2) is 6.61 Å². The fourth-order valence-electron chi connectivity index (χ4n) is 2.55. The Morgan fingerprint density at radius 2 is 2.04 bits per heavy atom. The zero-order valence-corrected chi connectivity index (χ0v) is 13.5. The molecule has 0 spiro atoms. The van der Waals surface area contributed by atoms with Crippen molar-refractivity contribution < 1.29 is 14.4 Å². The van der Waals surface area contributed by atoms with Crippen LogP contribution in [0.5, 0.6) is 0 Å². The van der Waals surface area contributed by atoms with Crippen molar-refractivity contribution in [1.29, 1.82) is 0 Å². The number of oxime groups is 1. The van der Waals surface area contributed by atoms with E-state index < -0.39 is 0 Å². The van der Waals surface area contributed by atoms with Crippen molar-refractivity contribution in [3.8, 4) is 0 Å². The second-order valence-electron chi connectivity index (χ2n) is 5.93. The number of rotatable bonds is 6. The van der Waals surface area contributed by atoms with Gasteiger partial charge in [-0.1, -0.05) is 17.3 Å². The molecule has 0 radical (unpaired) electrons. The molecule has 23 heavy (non-hydrogen) atoms. The van der Waals surface area contributed by atoms with Crippen LogP contribution < -0.4 is 4.90 Å². The molecular weight excluding hydrogens is 294 g/mol. The van der Waals surface area contributed by atoms with E-state index >= 15 is 0 Å². The molecular formula is C17H23N3O3. The van der Waals surface area contributed by atoms with Gasteiger partial charge in [0.2, 0.25) is 0 Å². The van der Waals surface area contributed by atoms with Crippen molar-refractivity contribution in [2.45, 2.75) is 18.9 Å². The average molecular weight is 317 g/mol. The summed E-state index contributed by atoms with van der Waals surface area (Å²) >= 11 is 0. The maximum Gasteiger partial charge on any atom is 0.263 e. The molecule has 6 nitrogen and oxygen atoms in total. The minimum absolute atomic E-state index is 0.00460. The number of carbonyl (C=O) groups excluding carboxylic acids is 1. The monoisotopic (exact) mass is 317 g/mol. The molecule has 1 amide bonds. The quantitative estimate of drug-likeness (QED) is 0.589. The van der Waals surface area contributed by atoms with Crippen molar-refractivity contribution in [2.75, 3.05) is 44.9 Å². The lowest BCUT2D eigenvalue weighted by atomic mass is 10.2. The first-order valence-corrected chi connectivity index (χ1v) is 8.08. The molecule has 1 aliphatic heterocycles. The fourth-order valence-corrected chi connectivity index (χ4v) is 2.55. The maximum absolute atomic E-state index is 11.8. The second-order valence-corrected chi connectivity index (χ2v) is 5.93. The number of amides is 1. The SMILES string of the molecule is CN(C(=O)CON=Cc1ccc(N2CCOCC2)cc1)C1CC1. The number of morpholine rings is 1. The van der Waals surface area contributed by atoms with Gasteiger partial charge in [-0.2, -0.15) is 0 Å². The van der Waals surface area contributed by atoms with E-state index in [1.807, 2.05) is 19.2 Å². The van der Waals surface area contributed by atoms with Crippen LogP contribution in [0.15, 0.2) is 29.4 Å². The number of benzene rings is 1. The summed E-state index contributed by atoms with van der Waals surface area (Å²) in [6.07, 6.45) is 3.83. The molecule has 2 fully saturated rings. The lowest BCUT2D eigenvalue weighted by Gasteiger charge is -2.28. The van der Waals surface area contributed by atoms with Gasteiger partial charge in [0.05, 0.1) is 19.4 Å². The predicted molar refractivity (Wildman–Crippen MR) is 88.8 cm³/mol. The number of anilines is 1. The van der Waals surface area contributed by atoms with Crippen molar-refractivity contribution >= 4 is 17.8 Å². The third-order valence-electron chi connectivity index (χ3n) is 4.22. The topological polar surface area (TPSA) is 54.4 Å². The van der Waals surface area contributed by atoms with Gasteiger partial charge in [-0.3, -0.25) is 4.79 Å². The number of likely N-dealkylation sites (N-methyl/N-ethyl adjacent to an activating group) is 1. The van der Waals surface area contributed by atoms with Crippen LogP contribution in [0.2, 0.25) is 0 Å². The zero-order valence-electron chi connectivity index (χ0n) is 13.5. The molecule has 0 N–H and O–H groups in total. The van der Waals surface area contributed by atoms with E-state index in [9.17, 15) is 4.79 Å². The molecule has 1 aromatic carbocycles. The summed E-state index contributed by atoms with van der Waals surface area (Å²) in [5, 5.41) is 3.88. The van der Waals surface area contributed by atoms with Crippen molar-refractivity contribution in [1.82, 2.24) is 4.90 Å².